The Morgan fingerprint density at radius 1 is 1.09 bits per heavy atom. The van der Waals surface area contributed by atoms with Gasteiger partial charge in [-0.1, -0.05) is 26.2 Å². The summed E-state index contributed by atoms with van der Waals surface area (Å²) in [7, 11) is 0. The quantitative estimate of drug-likeness (QED) is 0.562. The van der Waals surface area contributed by atoms with Crippen molar-refractivity contribution in [3.63, 3.8) is 0 Å². The zero-order valence-corrected chi connectivity index (χ0v) is 7.47. The number of fused-ring (bicyclic) bond motifs is 1. The van der Waals surface area contributed by atoms with E-state index in [1.807, 2.05) is 0 Å². The lowest BCUT2D eigenvalue weighted by Crippen LogP contribution is -2.25. The van der Waals surface area contributed by atoms with Crippen molar-refractivity contribution < 1.29 is 0 Å². The van der Waals surface area contributed by atoms with Crippen molar-refractivity contribution in [3.05, 3.63) is 0 Å². The summed E-state index contributed by atoms with van der Waals surface area (Å²) in [6.45, 7) is 3.68. The molecular formula is C10H19N. The van der Waals surface area contributed by atoms with Crippen LogP contribution in [-0.2, 0) is 0 Å². The van der Waals surface area contributed by atoms with Gasteiger partial charge >= 0.3 is 0 Å². The van der Waals surface area contributed by atoms with E-state index in [4.69, 9.17) is 0 Å². The molecule has 64 valence electrons. The molecule has 0 radical (unpaired) electrons. The van der Waals surface area contributed by atoms with Gasteiger partial charge in [0.05, 0.1) is 0 Å². The van der Waals surface area contributed by atoms with Crippen molar-refractivity contribution in [2.45, 2.75) is 45.1 Å². The van der Waals surface area contributed by atoms with E-state index in [1.54, 1.807) is 0 Å². The molecule has 0 aromatic heterocycles. The lowest BCUT2D eigenvalue weighted by Gasteiger charge is -2.18. The maximum Gasteiger partial charge on any atom is 0.00984 e. The van der Waals surface area contributed by atoms with Crippen LogP contribution < -0.4 is 5.32 Å². The third-order valence-corrected chi connectivity index (χ3v) is 3.50. The summed E-state index contributed by atoms with van der Waals surface area (Å²) in [4.78, 5) is 0. The molecule has 2 fully saturated rings. The van der Waals surface area contributed by atoms with Crippen LogP contribution in [0, 0.1) is 11.8 Å². The standard InChI is InChI=1S/C10H19N/c1-8-7-11-10-6-4-2-3-5-9(8)10/h8-11H,2-7H2,1H3/t8?,9?,10-/m1/s1. The van der Waals surface area contributed by atoms with Gasteiger partial charge in [0, 0.05) is 6.04 Å². The average Bonchev–Trinajstić information content (AvgIpc) is 2.25. The van der Waals surface area contributed by atoms with Gasteiger partial charge in [0.1, 0.15) is 0 Å². The average molecular weight is 153 g/mol. The first-order valence-electron chi connectivity index (χ1n) is 5.11. The van der Waals surface area contributed by atoms with Crippen LogP contribution in [0.2, 0.25) is 0 Å². The monoisotopic (exact) mass is 153 g/mol. The van der Waals surface area contributed by atoms with Crippen LogP contribution in [-0.4, -0.2) is 12.6 Å². The van der Waals surface area contributed by atoms with Crippen LogP contribution >= 0.6 is 0 Å². The Bertz CT molecular complexity index is 133. The van der Waals surface area contributed by atoms with Crippen molar-refractivity contribution in [3.8, 4) is 0 Å². The summed E-state index contributed by atoms with van der Waals surface area (Å²) in [5, 5.41) is 3.65. The smallest absolute Gasteiger partial charge is 0.00984 e. The molecule has 0 aromatic carbocycles. The third-order valence-electron chi connectivity index (χ3n) is 3.50. The Morgan fingerprint density at radius 3 is 2.82 bits per heavy atom. The summed E-state index contributed by atoms with van der Waals surface area (Å²) < 4.78 is 0. The number of nitrogens with one attached hydrogen (secondary N) is 1. The lowest BCUT2D eigenvalue weighted by atomic mass is 9.88. The molecule has 0 aromatic rings. The second-order valence-corrected chi connectivity index (χ2v) is 4.29. The predicted molar refractivity (Wildman–Crippen MR) is 47.5 cm³/mol. The molecule has 11 heavy (non-hydrogen) atoms. The Labute approximate surface area is 69.6 Å². The van der Waals surface area contributed by atoms with Crippen molar-refractivity contribution in [1.29, 1.82) is 0 Å². The Hall–Kier alpha value is -0.0400. The van der Waals surface area contributed by atoms with Crippen LogP contribution in [0.4, 0.5) is 0 Å². The summed E-state index contributed by atoms with van der Waals surface area (Å²) in [6.07, 6.45) is 7.34. The molecule has 0 amide bonds. The highest BCUT2D eigenvalue weighted by molar-refractivity contribution is 4.89. The molecule has 1 aliphatic heterocycles. The molecule has 1 saturated carbocycles. The highest BCUT2D eigenvalue weighted by Crippen LogP contribution is 2.32. The fourth-order valence-electron chi connectivity index (χ4n) is 2.76. The molecule has 2 rings (SSSR count). The van der Waals surface area contributed by atoms with E-state index in [9.17, 15) is 0 Å². The zero-order chi connectivity index (χ0) is 7.68. The van der Waals surface area contributed by atoms with E-state index in [0.717, 1.165) is 17.9 Å². The SMILES string of the molecule is CC1CN[C@@H]2CCCCCC12. The predicted octanol–water partition coefficient (Wildman–Crippen LogP) is 2.17. The topological polar surface area (TPSA) is 12.0 Å². The van der Waals surface area contributed by atoms with Gasteiger partial charge in [-0.05, 0) is 31.2 Å². The summed E-state index contributed by atoms with van der Waals surface area (Å²) in [5.74, 6) is 1.95. The Kier molecular flexibility index (Phi) is 2.17. The van der Waals surface area contributed by atoms with Gasteiger partial charge in [-0.25, -0.2) is 0 Å². The first kappa shape index (κ1) is 7.60. The van der Waals surface area contributed by atoms with Crippen LogP contribution in [0.15, 0.2) is 0 Å². The fourth-order valence-corrected chi connectivity index (χ4v) is 2.76. The van der Waals surface area contributed by atoms with E-state index >= 15 is 0 Å². The molecule has 1 heteroatoms. The first-order chi connectivity index (χ1) is 5.38. The molecule has 2 unspecified atom stereocenters. The minimum Gasteiger partial charge on any atom is -0.313 e. The maximum atomic E-state index is 3.65. The van der Waals surface area contributed by atoms with E-state index in [0.29, 0.717) is 0 Å². The van der Waals surface area contributed by atoms with Crippen LogP contribution in [0.3, 0.4) is 0 Å². The Balaban J connectivity index is 2.00. The molecule has 1 saturated heterocycles. The minimum absolute atomic E-state index is 0.882. The highest BCUT2D eigenvalue weighted by atomic mass is 15.0. The van der Waals surface area contributed by atoms with Gasteiger partial charge in [0.15, 0.2) is 0 Å². The van der Waals surface area contributed by atoms with Crippen LogP contribution in [0.25, 0.3) is 0 Å². The van der Waals surface area contributed by atoms with E-state index in [2.05, 4.69) is 12.2 Å². The normalized spacial score (nSPS) is 45.0. The fraction of sp³-hybridized carbons (Fsp3) is 1.00. The molecular weight excluding hydrogens is 134 g/mol. The van der Waals surface area contributed by atoms with Gasteiger partial charge in [-0.2, -0.15) is 0 Å². The molecule has 1 heterocycles. The third kappa shape index (κ3) is 1.44. The zero-order valence-electron chi connectivity index (χ0n) is 7.47. The molecule has 1 N–H and O–H groups in total. The van der Waals surface area contributed by atoms with Crippen molar-refractivity contribution >= 4 is 0 Å². The lowest BCUT2D eigenvalue weighted by molar-refractivity contribution is 0.361. The second-order valence-electron chi connectivity index (χ2n) is 4.29. The van der Waals surface area contributed by atoms with Gasteiger partial charge in [0.2, 0.25) is 0 Å². The van der Waals surface area contributed by atoms with Gasteiger partial charge < -0.3 is 5.32 Å². The summed E-state index contributed by atoms with van der Waals surface area (Å²) in [5.41, 5.74) is 0. The van der Waals surface area contributed by atoms with E-state index < -0.39 is 0 Å². The molecule has 1 aliphatic carbocycles. The van der Waals surface area contributed by atoms with Gasteiger partial charge in [-0.15, -0.1) is 0 Å². The molecule has 0 bridgehead atoms. The minimum atomic E-state index is 0.882. The second kappa shape index (κ2) is 3.14. The van der Waals surface area contributed by atoms with E-state index in [-0.39, 0.29) is 0 Å². The van der Waals surface area contributed by atoms with Crippen LogP contribution in [0.1, 0.15) is 39.0 Å². The van der Waals surface area contributed by atoms with Crippen molar-refractivity contribution in [2.75, 3.05) is 6.54 Å². The van der Waals surface area contributed by atoms with Crippen LogP contribution in [0.5, 0.6) is 0 Å². The van der Waals surface area contributed by atoms with Crippen molar-refractivity contribution in [2.24, 2.45) is 11.8 Å². The molecule has 1 nitrogen and oxygen atoms in total. The van der Waals surface area contributed by atoms with Crippen molar-refractivity contribution in [1.82, 2.24) is 5.32 Å². The highest BCUT2D eigenvalue weighted by Gasteiger charge is 2.32. The molecule has 3 atom stereocenters. The number of hydrogen-bond donors (Lipinski definition) is 1. The number of hydrogen-bond acceptors (Lipinski definition) is 1. The molecule has 2 aliphatic rings. The van der Waals surface area contributed by atoms with Gasteiger partial charge in [-0.3, -0.25) is 0 Å². The Morgan fingerprint density at radius 2 is 1.91 bits per heavy atom. The first-order valence-corrected chi connectivity index (χ1v) is 5.11. The summed E-state index contributed by atoms with van der Waals surface area (Å²) >= 11 is 0. The number of rotatable bonds is 0. The molecule has 0 spiro atoms. The summed E-state index contributed by atoms with van der Waals surface area (Å²) in [6, 6.07) is 0.882. The maximum absolute atomic E-state index is 3.65. The van der Waals surface area contributed by atoms with E-state index in [1.165, 1.54) is 38.6 Å². The largest absolute Gasteiger partial charge is 0.313 e. The van der Waals surface area contributed by atoms with Gasteiger partial charge in [0.25, 0.3) is 0 Å².